The molecule has 10 heteroatoms. The zero-order chi connectivity index (χ0) is 20.1. The third-order valence-corrected chi connectivity index (χ3v) is 3.70. The van der Waals surface area contributed by atoms with E-state index in [-0.39, 0.29) is 11.5 Å². The first kappa shape index (κ1) is 21.4. The zero-order valence-electron chi connectivity index (χ0n) is 13.4. The molecule has 2 atom stereocenters. The lowest BCUT2D eigenvalue weighted by Gasteiger charge is -2.37. The van der Waals surface area contributed by atoms with Gasteiger partial charge in [0, 0.05) is 18.9 Å². The van der Waals surface area contributed by atoms with Crippen molar-refractivity contribution >= 4 is 18.0 Å². The van der Waals surface area contributed by atoms with Crippen molar-refractivity contribution in [2.75, 3.05) is 0 Å². The van der Waals surface area contributed by atoms with Gasteiger partial charge in [-0.3, -0.25) is 0 Å². The molecule has 2 rings (SSSR count). The van der Waals surface area contributed by atoms with Crippen molar-refractivity contribution in [3.8, 4) is 11.5 Å². The predicted octanol–water partition coefficient (Wildman–Crippen LogP) is -1.13. The lowest BCUT2D eigenvalue weighted by molar-refractivity contribution is -0.187. The number of hydrogen-bond acceptors (Lipinski definition) is 8. The molecule has 26 heavy (non-hydrogen) atoms. The van der Waals surface area contributed by atoms with E-state index in [1.165, 1.54) is 24.3 Å². The lowest BCUT2D eigenvalue weighted by Crippen LogP contribution is -2.56. The summed E-state index contributed by atoms with van der Waals surface area (Å²) in [5, 5.41) is 71.5. The molecule has 0 saturated heterocycles. The van der Waals surface area contributed by atoms with Crippen molar-refractivity contribution in [2.45, 2.75) is 36.8 Å². The third kappa shape index (κ3) is 5.70. The second kappa shape index (κ2) is 8.63. The molecule has 1 aliphatic rings. The van der Waals surface area contributed by atoms with Gasteiger partial charge in [-0.2, -0.15) is 0 Å². The van der Waals surface area contributed by atoms with E-state index in [9.17, 15) is 14.7 Å². The number of aliphatic carboxylic acids is 2. The van der Waals surface area contributed by atoms with E-state index in [0.29, 0.717) is 5.56 Å². The Labute approximate surface area is 147 Å². The molecule has 0 amide bonds. The molecule has 0 bridgehead atoms. The standard InChI is InChI=1S/C9H8O4.C7H12O6/c10-7-3-1-6(5-8(7)11)2-4-9(12)13;8-3-1-7(13,6(11)12)2-4(9)5(3)10/h1-5,10-11H,(H,12,13);3-5,8-10,13H,1-2H2,(H,11,12). The maximum absolute atomic E-state index is 10.5. The highest BCUT2D eigenvalue weighted by molar-refractivity contribution is 5.85. The van der Waals surface area contributed by atoms with Crippen LogP contribution in [0.2, 0.25) is 0 Å². The molecule has 0 aromatic heterocycles. The molecule has 0 aliphatic heterocycles. The van der Waals surface area contributed by atoms with Crippen LogP contribution in [0.3, 0.4) is 0 Å². The predicted molar refractivity (Wildman–Crippen MR) is 86.3 cm³/mol. The minimum absolute atomic E-state index is 0.229. The SMILES string of the molecule is O=C(O)C1(O)CC(O)C(O)C(O)C1.O=C(O)C=Cc1ccc(O)c(O)c1. The van der Waals surface area contributed by atoms with E-state index in [1.54, 1.807) is 0 Å². The van der Waals surface area contributed by atoms with Gasteiger partial charge in [0.2, 0.25) is 0 Å². The van der Waals surface area contributed by atoms with Crippen molar-refractivity contribution < 1.29 is 50.4 Å². The number of rotatable bonds is 3. The Morgan fingerprint density at radius 3 is 1.96 bits per heavy atom. The molecular weight excluding hydrogens is 352 g/mol. The Morgan fingerprint density at radius 1 is 1.00 bits per heavy atom. The summed E-state index contributed by atoms with van der Waals surface area (Å²) in [6.45, 7) is 0. The smallest absolute Gasteiger partial charge is 0.335 e. The average Bonchev–Trinajstić information content (AvgIpc) is 2.54. The van der Waals surface area contributed by atoms with Crippen LogP contribution in [0.15, 0.2) is 24.3 Å². The number of benzene rings is 1. The van der Waals surface area contributed by atoms with E-state index in [2.05, 4.69) is 0 Å². The summed E-state index contributed by atoms with van der Waals surface area (Å²) < 4.78 is 0. The molecule has 10 nitrogen and oxygen atoms in total. The molecule has 1 saturated carbocycles. The van der Waals surface area contributed by atoms with Crippen LogP contribution in [0.25, 0.3) is 6.08 Å². The molecule has 8 N–H and O–H groups in total. The summed E-state index contributed by atoms with van der Waals surface area (Å²) in [7, 11) is 0. The van der Waals surface area contributed by atoms with Crippen LogP contribution in [0, 0.1) is 0 Å². The van der Waals surface area contributed by atoms with Crippen LogP contribution >= 0.6 is 0 Å². The Balaban J connectivity index is 0.000000260. The summed E-state index contributed by atoms with van der Waals surface area (Å²) in [4.78, 5) is 20.6. The van der Waals surface area contributed by atoms with E-state index < -0.39 is 48.7 Å². The fraction of sp³-hybridized carbons (Fsp3) is 0.375. The van der Waals surface area contributed by atoms with Crippen LogP contribution in [0.4, 0.5) is 0 Å². The van der Waals surface area contributed by atoms with Crippen LogP contribution < -0.4 is 0 Å². The largest absolute Gasteiger partial charge is 0.504 e. The number of hydrogen-bond donors (Lipinski definition) is 8. The topological polar surface area (TPSA) is 196 Å². The normalized spacial score (nSPS) is 28.2. The molecule has 1 aromatic rings. The van der Waals surface area contributed by atoms with Gasteiger partial charge in [0.25, 0.3) is 0 Å². The van der Waals surface area contributed by atoms with Crippen LogP contribution in [-0.2, 0) is 9.59 Å². The molecule has 2 unspecified atom stereocenters. The summed E-state index contributed by atoms with van der Waals surface area (Å²) in [6, 6.07) is 4.06. The van der Waals surface area contributed by atoms with Crippen molar-refractivity contribution in [1.29, 1.82) is 0 Å². The second-order valence-electron chi connectivity index (χ2n) is 5.79. The van der Waals surface area contributed by atoms with Gasteiger partial charge >= 0.3 is 11.9 Å². The van der Waals surface area contributed by atoms with E-state index in [0.717, 1.165) is 6.08 Å². The molecule has 1 fully saturated rings. The van der Waals surface area contributed by atoms with Gasteiger partial charge < -0.3 is 40.9 Å². The number of aromatic hydroxyl groups is 2. The summed E-state index contributed by atoms with van der Waals surface area (Å²) in [6.07, 6.45) is -2.89. The fourth-order valence-corrected chi connectivity index (χ4v) is 2.26. The highest BCUT2D eigenvalue weighted by atomic mass is 16.4. The fourth-order valence-electron chi connectivity index (χ4n) is 2.26. The molecule has 0 spiro atoms. The lowest BCUT2D eigenvalue weighted by atomic mass is 9.80. The number of aliphatic hydroxyl groups is 4. The molecule has 144 valence electrons. The number of carboxylic acids is 2. The number of aliphatic hydroxyl groups excluding tert-OH is 3. The van der Waals surface area contributed by atoms with Gasteiger partial charge in [0.1, 0.15) is 6.10 Å². The van der Waals surface area contributed by atoms with E-state index >= 15 is 0 Å². The van der Waals surface area contributed by atoms with Crippen molar-refractivity contribution in [2.24, 2.45) is 0 Å². The van der Waals surface area contributed by atoms with Gasteiger partial charge in [0.05, 0.1) is 12.2 Å². The van der Waals surface area contributed by atoms with Crippen LogP contribution in [-0.4, -0.2) is 76.7 Å². The Bertz CT molecular complexity index is 672. The molecule has 1 aliphatic carbocycles. The highest BCUT2D eigenvalue weighted by Crippen LogP contribution is 2.29. The first-order valence-corrected chi connectivity index (χ1v) is 7.39. The molecular formula is C16H20O10. The Hall–Kier alpha value is -2.66. The minimum atomic E-state index is -2.14. The minimum Gasteiger partial charge on any atom is -0.504 e. The number of carbonyl (C=O) groups is 2. The summed E-state index contributed by atoms with van der Waals surface area (Å²) >= 11 is 0. The first-order chi connectivity index (χ1) is 12.0. The summed E-state index contributed by atoms with van der Waals surface area (Å²) in [5.41, 5.74) is -1.63. The van der Waals surface area contributed by atoms with Gasteiger partial charge in [-0.25, -0.2) is 9.59 Å². The molecule has 0 heterocycles. The summed E-state index contributed by atoms with van der Waals surface area (Å²) in [5.74, 6) is -3.06. The molecule has 0 radical (unpaired) electrons. The van der Waals surface area contributed by atoms with Gasteiger partial charge in [-0.1, -0.05) is 6.07 Å². The highest BCUT2D eigenvalue weighted by Gasteiger charge is 2.48. The van der Waals surface area contributed by atoms with Crippen LogP contribution in [0.1, 0.15) is 18.4 Å². The van der Waals surface area contributed by atoms with Crippen molar-refractivity contribution in [3.05, 3.63) is 29.8 Å². The maximum atomic E-state index is 10.5. The quantitative estimate of drug-likeness (QED) is 0.237. The van der Waals surface area contributed by atoms with E-state index in [1.807, 2.05) is 0 Å². The van der Waals surface area contributed by atoms with Gasteiger partial charge in [0.15, 0.2) is 17.1 Å². The van der Waals surface area contributed by atoms with Gasteiger partial charge in [-0.15, -0.1) is 0 Å². The maximum Gasteiger partial charge on any atom is 0.335 e. The first-order valence-electron chi connectivity index (χ1n) is 7.39. The Kier molecular flexibility index (Phi) is 7.10. The number of carboxylic acid groups (broad SMARTS) is 2. The monoisotopic (exact) mass is 372 g/mol. The van der Waals surface area contributed by atoms with E-state index in [4.69, 9.17) is 35.7 Å². The van der Waals surface area contributed by atoms with Crippen molar-refractivity contribution in [3.63, 3.8) is 0 Å². The van der Waals surface area contributed by atoms with Gasteiger partial charge in [-0.05, 0) is 23.8 Å². The number of phenolic OH excluding ortho intramolecular Hbond substituents is 2. The third-order valence-electron chi connectivity index (χ3n) is 3.70. The Morgan fingerprint density at radius 2 is 1.54 bits per heavy atom. The molecule has 1 aromatic carbocycles. The van der Waals surface area contributed by atoms with Crippen LogP contribution in [0.5, 0.6) is 11.5 Å². The number of phenols is 2. The average molecular weight is 372 g/mol. The second-order valence-corrected chi connectivity index (χ2v) is 5.79. The zero-order valence-corrected chi connectivity index (χ0v) is 13.4. The van der Waals surface area contributed by atoms with Crippen molar-refractivity contribution in [1.82, 2.24) is 0 Å².